The van der Waals surface area contributed by atoms with Crippen LogP contribution in [0.1, 0.15) is 32.8 Å². The summed E-state index contributed by atoms with van der Waals surface area (Å²) in [7, 11) is 0. The molecule has 0 fully saturated rings. The topological polar surface area (TPSA) is 125 Å². The van der Waals surface area contributed by atoms with E-state index in [9.17, 15) is 19.2 Å². The van der Waals surface area contributed by atoms with Crippen molar-refractivity contribution in [3.63, 3.8) is 0 Å². The summed E-state index contributed by atoms with van der Waals surface area (Å²) in [5, 5.41) is 16.3. The van der Waals surface area contributed by atoms with E-state index in [0.717, 1.165) is 5.56 Å². The molecule has 0 aliphatic heterocycles. The zero-order valence-electron chi connectivity index (χ0n) is 15.8. The van der Waals surface area contributed by atoms with Crippen LogP contribution in [-0.4, -0.2) is 47.4 Å². The number of carboxylic acids is 1. The molecule has 0 aromatic heterocycles. The molecule has 2 atom stereocenters. The van der Waals surface area contributed by atoms with Gasteiger partial charge in [0.05, 0.1) is 0 Å². The first-order valence-corrected chi connectivity index (χ1v) is 8.80. The van der Waals surface area contributed by atoms with E-state index in [0.29, 0.717) is 6.42 Å². The van der Waals surface area contributed by atoms with Crippen molar-refractivity contribution >= 4 is 23.7 Å². The first kappa shape index (κ1) is 22.1. The Hall–Kier alpha value is -2.90. The monoisotopic (exact) mass is 377 g/mol. The summed E-state index contributed by atoms with van der Waals surface area (Å²) in [5.41, 5.74) is 0.813. The fourth-order valence-corrected chi connectivity index (χ4v) is 2.57. The molecule has 148 valence electrons. The Morgan fingerprint density at radius 3 is 2.11 bits per heavy atom. The summed E-state index contributed by atoms with van der Waals surface area (Å²) >= 11 is 0. The summed E-state index contributed by atoms with van der Waals surface area (Å²) in [6.07, 6.45) is 0.618. The molecular formula is C19H27N3O5. The standard InChI is InChI=1S/C19H27N3O5/c1-12(2)9-15(21-13(3)23)19(27)22-16(18(26)20-11-17(24)25)10-14-7-5-4-6-8-14/h4-8,12,15-16H,9-11H2,1-3H3,(H,20,26)(H,21,23)(H,22,27)(H,24,25)/t15-,16-/m0/s1. The number of hydrogen-bond donors (Lipinski definition) is 4. The normalized spacial score (nSPS) is 12.7. The zero-order valence-corrected chi connectivity index (χ0v) is 15.8. The molecule has 1 aromatic rings. The molecule has 3 amide bonds. The van der Waals surface area contributed by atoms with Gasteiger partial charge in [-0.25, -0.2) is 0 Å². The predicted molar refractivity (Wildman–Crippen MR) is 99.8 cm³/mol. The van der Waals surface area contributed by atoms with Gasteiger partial charge in [0.1, 0.15) is 18.6 Å². The Balaban J connectivity index is 2.91. The molecule has 8 heteroatoms. The third-order valence-electron chi connectivity index (χ3n) is 3.73. The molecule has 0 spiro atoms. The van der Waals surface area contributed by atoms with Crippen molar-refractivity contribution < 1.29 is 24.3 Å². The van der Waals surface area contributed by atoms with Crippen LogP contribution in [0.25, 0.3) is 0 Å². The van der Waals surface area contributed by atoms with Gasteiger partial charge in [-0.3, -0.25) is 19.2 Å². The third kappa shape index (κ3) is 8.84. The Bertz CT molecular complexity index is 661. The van der Waals surface area contributed by atoms with Crippen molar-refractivity contribution in [2.24, 2.45) is 5.92 Å². The molecule has 0 heterocycles. The van der Waals surface area contributed by atoms with E-state index in [1.165, 1.54) is 6.92 Å². The van der Waals surface area contributed by atoms with Gasteiger partial charge in [-0.2, -0.15) is 0 Å². The molecule has 1 rings (SSSR count). The molecule has 8 nitrogen and oxygen atoms in total. The fraction of sp³-hybridized carbons (Fsp3) is 0.474. The van der Waals surface area contributed by atoms with Crippen LogP contribution in [0.15, 0.2) is 30.3 Å². The van der Waals surface area contributed by atoms with Crippen molar-refractivity contribution in [2.45, 2.75) is 45.7 Å². The molecule has 0 radical (unpaired) electrons. The predicted octanol–water partition coefficient (Wildman–Crippen LogP) is 0.466. The number of carboxylic acid groups (broad SMARTS) is 1. The van der Waals surface area contributed by atoms with Crippen molar-refractivity contribution in [3.8, 4) is 0 Å². The minimum atomic E-state index is -1.18. The number of carbonyl (C=O) groups excluding carboxylic acids is 3. The average Bonchev–Trinajstić information content (AvgIpc) is 2.58. The molecule has 0 saturated carbocycles. The van der Waals surface area contributed by atoms with Crippen LogP contribution in [0.2, 0.25) is 0 Å². The Morgan fingerprint density at radius 2 is 1.59 bits per heavy atom. The molecular weight excluding hydrogens is 350 g/mol. The lowest BCUT2D eigenvalue weighted by Gasteiger charge is -2.23. The summed E-state index contributed by atoms with van der Waals surface area (Å²) in [5.74, 6) is -2.44. The smallest absolute Gasteiger partial charge is 0.322 e. The molecule has 4 N–H and O–H groups in total. The number of hydrogen-bond acceptors (Lipinski definition) is 4. The van der Waals surface area contributed by atoms with Crippen molar-refractivity contribution in [2.75, 3.05) is 6.54 Å². The highest BCUT2D eigenvalue weighted by Crippen LogP contribution is 2.08. The quantitative estimate of drug-likeness (QED) is 0.472. The minimum absolute atomic E-state index is 0.154. The highest BCUT2D eigenvalue weighted by Gasteiger charge is 2.27. The second kappa shape index (κ2) is 10.9. The number of benzene rings is 1. The van der Waals surface area contributed by atoms with Gasteiger partial charge in [-0.05, 0) is 17.9 Å². The number of nitrogens with one attached hydrogen (secondary N) is 3. The lowest BCUT2D eigenvalue weighted by molar-refractivity contribution is -0.138. The molecule has 0 aliphatic carbocycles. The second-order valence-corrected chi connectivity index (χ2v) is 6.75. The molecule has 0 unspecified atom stereocenters. The van der Waals surface area contributed by atoms with Gasteiger partial charge in [0.2, 0.25) is 17.7 Å². The van der Waals surface area contributed by atoms with Gasteiger partial charge in [0, 0.05) is 13.3 Å². The first-order chi connectivity index (χ1) is 12.7. The van der Waals surface area contributed by atoms with E-state index in [1.54, 1.807) is 0 Å². The van der Waals surface area contributed by atoms with Crippen LogP contribution >= 0.6 is 0 Å². The molecule has 0 bridgehead atoms. The van der Waals surface area contributed by atoms with Crippen LogP contribution in [0.4, 0.5) is 0 Å². The fourth-order valence-electron chi connectivity index (χ4n) is 2.57. The summed E-state index contributed by atoms with van der Waals surface area (Å²) in [6, 6.07) is 7.34. The highest BCUT2D eigenvalue weighted by molar-refractivity contribution is 5.92. The Kier molecular flexibility index (Phi) is 8.98. The largest absolute Gasteiger partial charge is 0.480 e. The SMILES string of the molecule is CC(=O)N[C@@H](CC(C)C)C(=O)N[C@@H](Cc1ccccc1)C(=O)NCC(=O)O. The Morgan fingerprint density at radius 1 is 0.963 bits per heavy atom. The first-order valence-electron chi connectivity index (χ1n) is 8.80. The number of carbonyl (C=O) groups is 4. The second-order valence-electron chi connectivity index (χ2n) is 6.75. The number of aliphatic carboxylic acids is 1. The average molecular weight is 377 g/mol. The third-order valence-corrected chi connectivity index (χ3v) is 3.73. The molecule has 0 saturated heterocycles. The van der Waals surface area contributed by atoms with E-state index in [4.69, 9.17) is 5.11 Å². The van der Waals surface area contributed by atoms with Crippen LogP contribution in [0, 0.1) is 5.92 Å². The van der Waals surface area contributed by atoms with Gasteiger partial charge >= 0.3 is 5.97 Å². The molecule has 27 heavy (non-hydrogen) atoms. The van der Waals surface area contributed by atoms with Crippen molar-refractivity contribution in [1.29, 1.82) is 0 Å². The maximum absolute atomic E-state index is 12.6. The lowest BCUT2D eigenvalue weighted by Crippen LogP contribution is -2.55. The molecule has 1 aromatic carbocycles. The maximum Gasteiger partial charge on any atom is 0.322 e. The van der Waals surface area contributed by atoms with E-state index in [1.807, 2.05) is 44.2 Å². The highest BCUT2D eigenvalue weighted by atomic mass is 16.4. The van der Waals surface area contributed by atoms with Crippen LogP contribution in [0.5, 0.6) is 0 Å². The van der Waals surface area contributed by atoms with Gasteiger partial charge in [0.25, 0.3) is 0 Å². The number of rotatable bonds is 10. The maximum atomic E-state index is 12.6. The summed E-state index contributed by atoms with van der Waals surface area (Å²) in [4.78, 5) is 47.1. The van der Waals surface area contributed by atoms with E-state index < -0.39 is 36.4 Å². The van der Waals surface area contributed by atoms with Gasteiger partial charge in [-0.1, -0.05) is 44.2 Å². The van der Waals surface area contributed by atoms with E-state index in [-0.39, 0.29) is 18.2 Å². The molecule has 0 aliphatic rings. The van der Waals surface area contributed by atoms with E-state index >= 15 is 0 Å². The van der Waals surface area contributed by atoms with Crippen LogP contribution < -0.4 is 16.0 Å². The Labute approximate surface area is 158 Å². The number of amides is 3. The van der Waals surface area contributed by atoms with Gasteiger partial charge in [0.15, 0.2) is 0 Å². The van der Waals surface area contributed by atoms with Crippen LogP contribution in [0.3, 0.4) is 0 Å². The zero-order chi connectivity index (χ0) is 20.4. The van der Waals surface area contributed by atoms with Crippen molar-refractivity contribution in [1.82, 2.24) is 16.0 Å². The van der Waals surface area contributed by atoms with Gasteiger partial charge < -0.3 is 21.1 Å². The minimum Gasteiger partial charge on any atom is -0.480 e. The summed E-state index contributed by atoms with van der Waals surface area (Å²) in [6.45, 7) is 4.62. The van der Waals surface area contributed by atoms with Crippen molar-refractivity contribution in [3.05, 3.63) is 35.9 Å². The van der Waals surface area contributed by atoms with E-state index in [2.05, 4.69) is 16.0 Å². The van der Waals surface area contributed by atoms with Gasteiger partial charge in [-0.15, -0.1) is 0 Å². The lowest BCUT2D eigenvalue weighted by atomic mass is 10.0. The summed E-state index contributed by atoms with van der Waals surface area (Å²) < 4.78 is 0. The van der Waals surface area contributed by atoms with Crippen LogP contribution in [-0.2, 0) is 25.6 Å².